The van der Waals surface area contributed by atoms with Crippen LogP contribution in [0.25, 0.3) is 5.82 Å². The summed E-state index contributed by atoms with van der Waals surface area (Å²) in [6, 6.07) is 7.15. The quantitative estimate of drug-likeness (QED) is 0.713. The molecule has 1 atom stereocenters. The lowest BCUT2D eigenvalue weighted by Crippen LogP contribution is -2.34. The van der Waals surface area contributed by atoms with E-state index in [4.69, 9.17) is 0 Å². The van der Waals surface area contributed by atoms with E-state index in [1.165, 1.54) is 0 Å². The normalized spacial score (nSPS) is 12.0. The topological polar surface area (TPSA) is 89.7 Å². The Balaban J connectivity index is 1.56. The van der Waals surface area contributed by atoms with E-state index >= 15 is 0 Å². The van der Waals surface area contributed by atoms with Gasteiger partial charge in [0.25, 0.3) is 0 Å². The molecule has 0 aromatic carbocycles. The van der Waals surface area contributed by atoms with Crippen LogP contribution in [0.5, 0.6) is 0 Å². The maximum atomic E-state index is 12.3. The summed E-state index contributed by atoms with van der Waals surface area (Å²) in [7, 11) is 0. The first-order valence-corrected chi connectivity index (χ1v) is 8.54. The summed E-state index contributed by atoms with van der Waals surface area (Å²) in [6.07, 6.45) is 5.11. The molecular weight excluding hydrogens is 330 g/mol. The van der Waals surface area contributed by atoms with Gasteiger partial charge in [-0.15, -0.1) is 0 Å². The number of carbonyl (C=O) groups is 1. The fourth-order valence-corrected chi connectivity index (χ4v) is 2.72. The molecule has 2 N–H and O–H groups in total. The fraction of sp³-hybridized carbons (Fsp3) is 0.333. The fourth-order valence-electron chi connectivity index (χ4n) is 2.72. The van der Waals surface area contributed by atoms with Gasteiger partial charge in [0.05, 0.1) is 11.4 Å². The third-order valence-corrected chi connectivity index (χ3v) is 3.96. The minimum atomic E-state index is -0.272. The summed E-state index contributed by atoms with van der Waals surface area (Å²) in [5.41, 5.74) is 2.72. The van der Waals surface area contributed by atoms with Gasteiger partial charge < -0.3 is 10.6 Å². The predicted octanol–water partition coefficient (Wildman–Crippen LogP) is 2.54. The number of nitrogens with zero attached hydrogens (tertiary/aromatic N) is 5. The molecule has 0 spiro atoms. The number of carbonyl (C=O) groups excluding carboxylic acids is 1. The van der Waals surface area contributed by atoms with Gasteiger partial charge in [-0.2, -0.15) is 10.2 Å². The molecule has 2 amide bonds. The summed E-state index contributed by atoms with van der Waals surface area (Å²) in [5, 5.41) is 14.4. The molecule has 0 saturated heterocycles. The first-order valence-electron chi connectivity index (χ1n) is 8.54. The Labute approximate surface area is 152 Å². The zero-order valence-corrected chi connectivity index (χ0v) is 15.2. The molecule has 0 fully saturated rings. The molecule has 0 aliphatic heterocycles. The van der Waals surface area contributed by atoms with Crippen molar-refractivity contribution in [3.8, 4) is 5.82 Å². The van der Waals surface area contributed by atoms with Crippen molar-refractivity contribution in [2.45, 2.75) is 27.3 Å². The number of amides is 2. The number of aryl methyl sites for hydroxylation is 2. The lowest BCUT2D eigenvalue weighted by molar-refractivity contribution is 0.249. The summed E-state index contributed by atoms with van der Waals surface area (Å²) in [5.74, 6) is 0.821. The Morgan fingerprint density at radius 1 is 1.27 bits per heavy atom. The van der Waals surface area contributed by atoms with Crippen LogP contribution < -0.4 is 10.6 Å². The van der Waals surface area contributed by atoms with Gasteiger partial charge >= 0.3 is 6.03 Å². The smallest absolute Gasteiger partial charge is 0.319 e. The maximum Gasteiger partial charge on any atom is 0.319 e. The van der Waals surface area contributed by atoms with Crippen LogP contribution in [0.3, 0.4) is 0 Å². The number of anilines is 1. The van der Waals surface area contributed by atoms with Gasteiger partial charge in [-0.3, -0.25) is 4.68 Å². The second kappa shape index (κ2) is 7.81. The average molecular weight is 353 g/mol. The Kier molecular flexibility index (Phi) is 5.31. The third-order valence-electron chi connectivity index (χ3n) is 3.96. The molecule has 3 aromatic heterocycles. The van der Waals surface area contributed by atoms with E-state index in [1.807, 2.05) is 24.6 Å². The van der Waals surface area contributed by atoms with E-state index < -0.39 is 0 Å². The highest BCUT2D eigenvalue weighted by Gasteiger charge is 2.12. The Hall–Kier alpha value is -3.16. The second-order valence-electron chi connectivity index (χ2n) is 6.37. The lowest BCUT2D eigenvalue weighted by atomic mass is 10.2. The van der Waals surface area contributed by atoms with Crippen LogP contribution in [0, 0.1) is 19.8 Å². The summed E-state index contributed by atoms with van der Waals surface area (Å²) >= 11 is 0. The van der Waals surface area contributed by atoms with Crippen molar-refractivity contribution in [3.63, 3.8) is 0 Å². The number of pyridine rings is 1. The zero-order chi connectivity index (χ0) is 18.5. The summed E-state index contributed by atoms with van der Waals surface area (Å²) in [6.45, 7) is 7.39. The molecule has 0 unspecified atom stereocenters. The highest BCUT2D eigenvalue weighted by molar-refractivity contribution is 5.90. The molecule has 0 saturated carbocycles. The van der Waals surface area contributed by atoms with Crippen LogP contribution in [0.2, 0.25) is 0 Å². The van der Waals surface area contributed by atoms with Crippen LogP contribution in [0.15, 0.2) is 42.9 Å². The minimum Gasteiger partial charge on any atom is -0.338 e. The molecule has 0 radical (unpaired) electrons. The molecule has 0 aliphatic carbocycles. The van der Waals surface area contributed by atoms with Crippen molar-refractivity contribution in [2.75, 3.05) is 11.9 Å². The van der Waals surface area contributed by atoms with E-state index in [-0.39, 0.29) is 11.9 Å². The van der Waals surface area contributed by atoms with Gasteiger partial charge in [-0.25, -0.2) is 14.5 Å². The van der Waals surface area contributed by atoms with Crippen LogP contribution in [-0.4, -0.2) is 37.1 Å². The van der Waals surface area contributed by atoms with E-state index in [0.29, 0.717) is 18.1 Å². The molecule has 26 heavy (non-hydrogen) atoms. The van der Waals surface area contributed by atoms with E-state index in [1.54, 1.807) is 41.5 Å². The molecule has 8 heteroatoms. The second-order valence-corrected chi connectivity index (χ2v) is 6.37. The first-order chi connectivity index (χ1) is 12.5. The number of hydrogen-bond acceptors (Lipinski definition) is 4. The standard InChI is InChI=1S/C18H23N7O/c1-13(12-25-15(3)10-14(2)23-25)11-20-18(26)22-16-6-4-7-19-17(16)24-9-5-8-21-24/h4-10,13H,11-12H2,1-3H3,(H2,20,22,26)/t13-/m1/s1. The monoisotopic (exact) mass is 353 g/mol. The van der Waals surface area contributed by atoms with Gasteiger partial charge in [0.1, 0.15) is 0 Å². The highest BCUT2D eigenvalue weighted by Crippen LogP contribution is 2.15. The molecule has 0 bridgehead atoms. The van der Waals surface area contributed by atoms with E-state index in [9.17, 15) is 4.79 Å². The maximum absolute atomic E-state index is 12.3. The number of hydrogen-bond donors (Lipinski definition) is 2. The molecule has 3 heterocycles. The predicted molar refractivity (Wildman–Crippen MR) is 99.2 cm³/mol. The molecule has 136 valence electrons. The van der Waals surface area contributed by atoms with Crippen molar-refractivity contribution >= 4 is 11.7 Å². The lowest BCUT2D eigenvalue weighted by Gasteiger charge is -2.15. The molecular formula is C18H23N7O. The van der Waals surface area contributed by atoms with E-state index in [0.717, 1.165) is 17.9 Å². The summed E-state index contributed by atoms with van der Waals surface area (Å²) < 4.78 is 3.58. The largest absolute Gasteiger partial charge is 0.338 e. The van der Waals surface area contributed by atoms with Gasteiger partial charge in [0, 0.05) is 37.4 Å². The van der Waals surface area contributed by atoms with Gasteiger partial charge in [-0.1, -0.05) is 6.92 Å². The number of rotatable bonds is 6. The zero-order valence-electron chi connectivity index (χ0n) is 15.2. The van der Waals surface area contributed by atoms with Crippen molar-refractivity contribution in [1.29, 1.82) is 0 Å². The third kappa shape index (κ3) is 4.27. The molecule has 0 aliphatic rings. The molecule has 8 nitrogen and oxygen atoms in total. The van der Waals surface area contributed by atoms with Gasteiger partial charge in [0.2, 0.25) is 0 Å². The Morgan fingerprint density at radius 3 is 2.81 bits per heavy atom. The Bertz CT molecular complexity index is 870. The van der Waals surface area contributed by atoms with Crippen molar-refractivity contribution in [1.82, 2.24) is 29.9 Å². The Morgan fingerprint density at radius 2 is 2.12 bits per heavy atom. The van der Waals surface area contributed by atoms with E-state index in [2.05, 4.69) is 32.7 Å². The van der Waals surface area contributed by atoms with Gasteiger partial charge in [-0.05, 0) is 44.0 Å². The van der Waals surface area contributed by atoms with Crippen molar-refractivity contribution in [2.24, 2.45) is 5.92 Å². The van der Waals surface area contributed by atoms with Crippen LogP contribution in [-0.2, 0) is 6.54 Å². The number of nitrogens with one attached hydrogen (secondary N) is 2. The number of aromatic nitrogens is 5. The first kappa shape index (κ1) is 17.7. The summed E-state index contributed by atoms with van der Waals surface area (Å²) in [4.78, 5) is 16.5. The molecule has 3 rings (SSSR count). The van der Waals surface area contributed by atoms with Crippen LogP contribution in [0.4, 0.5) is 10.5 Å². The molecule has 3 aromatic rings. The van der Waals surface area contributed by atoms with Crippen LogP contribution in [0.1, 0.15) is 18.3 Å². The highest BCUT2D eigenvalue weighted by atomic mass is 16.2. The number of urea groups is 1. The SMILES string of the molecule is Cc1cc(C)n(C[C@H](C)CNC(=O)Nc2cccnc2-n2cccn2)n1. The van der Waals surface area contributed by atoms with Gasteiger partial charge in [0.15, 0.2) is 5.82 Å². The minimum absolute atomic E-state index is 0.248. The van der Waals surface area contributed by atoms with Crippen LogP contribution >= 0.6 is 0 Å². The average Bonchev–Trinajstić information content (AvgIpc) is 3.24. The van der Waals surface area contributed by atoms with Crippen molar-refractivity contribution in [3.05, 3.63) is 54.2 Å². The van der Waals surface area contributed by atoms with Crippen molar-refractivity contribution < 1.29 is 4.79 Å².